The van der Waals surface area contributed by atoms with Gasteiger partial charge in [0.25, 0.3) is 0 Å². The zero-order valence-electron chi connectivity index (χ0n) is 21.0. The number of phenols is 1. The first-order chi connectivity index (χ1) is 17.8. The highest BCUT2D eigenvalue weighted by Crippen LogP contribution is 2.42. The van der Waals surface area contributed by atoms with Crippen LogP contribution in [0.15, 0.2) is 41.3 Å². The number of benzene rings is 1. The molecule has 0 spiro atoms. The second kappa shape index (κ2) is 8.83. The molecule has 6 rings (SSSR count). The van der Waals surface area contributed by atoms with Crippen LogP contribution in [0, 0.1) is 12.7 Å². The number of aryl methyl sites for hydroxylation is 1. The normalized spacial score (nSPS) is 17.0. The molecular weight excluding hydrogens is 473 g/mol. The third kappa shape index (κ3) is 3.72. The van der Waals surface area contributed by atoms with E-state index in [-0.39, 0.29) is 29.0 Å². The summed E-state index contributed by atoms with van der Waals surface area (Å²) in [5, 5.41) is 11.2. The molecule has 0 bridgehead atoms. The largest absolute Gasteiger partial charge is 0.507 e. The molecule has 3 aromatic heterocycles. The van der Waals surface area contributed by atoms with E-state index in [1.54, 1.807) is 12.3 Å². The van der Waals surface area contributed by atoms with Crippen LogP contribution in [0.4, 0.5) is 10.2 Å². The summed E-state index contributed by atoms with van der Waals surface area (Å²) in [6.07, 6.45) is 4.71. The van der Waals surface area contributed by atoms with Gasteiger partial charge in [0.05, 0.1) is 28.7 Å². The maximum absolute atomic E-state index is 15.0. The van der Waals surface area contributed by atoms with Gasteiger partial charge in [-0.3, -0.25) is 4.98 Å². The predicted octanol–water partition coefficient (Wildman–Crippen LogP) is 4.87. The number of piperidine rings is 1. The highest BCUT2D eigenvalue weighted by molar-refractivity contribution is 5.96. The molecule has 1 atom stereocenters. The van der Waals surface area contributed by atoms with Crippen LogP contribution in [0.2, 0.25) is 0 Å². The molecule has 1 aromatic carbocycles. The summed E-state index contributed by atoms with van der Waals surface area (Å²) in [4.78, 5) is 30.0. The van der Waals surface area contributed by atoms with E-state index in [9.17, 15) is 14.3 Å². The molecule has 0 amide bonds. The first-order valence-electron chi connectivity index (χ1n) is 12.7. The van der Waals surface area contributed by atoms with Crippen molar-refractivity contribution in [2.75, 3.05) is 18.1 Å². The molecule has 1 saturated heterocycles. The number of fused-ring (bicyclic) bond motifs is 2. The maximum atomic E-state index is 15.0. The van der Waals surface area contributed by atoms with E-state index in [0.717, 1.165) is 37.1 Å². The highest BCUT2D eigenvalue weighted by Gasteiger charge is 2.33. The van der Waals surface area contributed by atoms with Gasteiger partial charge < -0.3 is 14.7 Å². The summed E-state index contributed by atoms with van der Waals surface area (Å²) in [7, 11) is 0. The van der Waals surface area contributed by atoms with E-state index in [1.807, 2.05) is 26.8 Å². The molecule has 4 aromatic rings. The Bertz CT molecular complexity index is 1580. The van der Waals surface area contributed by atoms with Crippen LogP contribution < -0.4 is 15.3 Å². The maximum Gasteiger partial charge on any atom is 0.355 e. The van der Waals surface area contributed by atoms with Crippen LogP contribution in [0.5, 0.6) is 11.5 Å². The van der Waals surface area contributed by atoms with Gasteiger partial charge in [-0.15, -0.1) is 0 Å². The van der Waals surface area contributed by atoms with Gasteiger partial charge in [-0.25, -0.2) is 18.7 Å². The van der Waals surface area contributed by atoms with Crippen molar-refractivity contribution in [3.63, 3.8) is 0 Å². The Kier molecular flexibility index (Phi) is 5.58. The molecule has 8 nitrogen and oxygen atoms in total. The molecule has 0 radical (unpaired) electrons. The molecule has 0 aliphatic carbocycles. The first kappa shape index (κ1) is 23.4. The minimum atomic E-state index is -0.617. The molecule has 1 fully saturated rings. The number of aromatic nitrogens is 4. The van der Waals surface area contributed by atoms with Gasteiger partial charge in [-0.1, -0.05) is 19.9 Å². The second-order valence-corrected chi connectivity index (χ2v) is 10.1. The molecule has 9 heteroatoms. The number of aromatic hydroxyl groups is 1. The Hall–Kier alpha value is -4.01. The summed E-state index contributed by atoms with van der Waals surface area (Å²) in [6.45, 7) is 7.11. The molecule has 5 heterocycles. The number of hydrogen-bond acceptors (Lipinski definition) is 7. The molecule has 2 aliphatic heterocycles. The average molecular weight is 502 g/mol. The molecule has 190 valence electrons. The lowest BCUT2D eigenvalue weighted by Crippen LogP contribution is -2.43. The lowest BCUT2D eigenvalue weighted by atomic mass is 10.0. The van der Waals surface area contributed by atoms with Crippen LogP contribution in [0.1, 0.15) is 50.3 Å². The van der Waals surface area contributed by atoms with Crippen molar-refractivity contribution in [2.45, 2.75) is 52.0 Å². The highest BCUT2D eigenvalue weighted by atomic mass is 19.1. The van der Waals surface area contributed by atoms with Gasteiger partial charge in [0.15, 0.2) is 5.65 Å². The SMILES string of the molecule is Cc1ccnc(C(C)C)c1-n1c(=O)nc2c3c(cc(-c4c(O)cccc4F)nc31)OC[C@H]1CCCCN21. The van der Waals surface area contributed by atoms with Crippen molar-refractivity contribution >= 4 is 16.9 Å². The minimum absolute atomic E-state index is 0.0215. The standard InChI is InChI=1S/C28H28FN5O3/c1-15(2)24-25(16(3)10-11-30-24)34-27-23-21(13-19(31-27)22-18(29)8-6-9-20(22)35)37-14-17-7-4-5-12-33(17)26(23)32-28(34)36/h6,8-11,13,15,17,35H,4-5,7,12,14H2,1-3H3/t17-/m1/s1. The van der Waals surface area contributed by atoms with Crippen molar-refractivity contribution in [1.82, 2.24) is 19.5 Å². The lowest BCUT2D eigenvalue weighted by molar-refractivity contribution is 0.267. The van der Waals surface area contributed by atoms with Gasteiger partial charge in [0.2, 0.25) is 0 Å². The first-order valence-corrected chi connectivity index (χ1v) is 12.7. The molecule has 2 aliphatic rings. The van der Waals surface area contributed by atoms with E-state index >= 15 is 0 Å². The Morgan fingerprint density at radius 1 is 1.19 bits per heavy atom. The summed E-state index contributed by atoms with van der Waals surface area (Å²) >= 11 is 0. The lowest BCUT2D eigenvalue weighted by Gasteiger charge is -2.34. The summed E-state index contributed by atoms with van der Waals surface area (Å²) in [5.74, 6) is 0.162. The molecule has 37 heavy (non-hydrogen) atoms. The quantitative estimate of drug-likeness (QED) is 0.428. The number of rotatable bonds is 3. The molecular formula is C28H28FN5O3. The second-order valence-electron chi connectivity index (χ2n) is 10.1. The van der Waals surface area contributed by atoms with E-state index in [1.165, 1.54) is 22.8 Å². The number of pyridine rings is 2. The Morgan fingerprint density at radius 2 is 2.03 bits per heavy atom. The Labute approximate surface area is 213 Å². The Balaban J connectivity index is 1.76. The van der Waals surface area contributed by atoms with E-state index in [2.05, 4.69) is 14.9 Å². The van der Waals surface area contributed by atoms with Gasteiger partial charge in [0, 0.05) is 18.8 Å². The van der Waals surface area contributed by atoms with Gasteiger partial charge >= 0.3 is 5.69 Å². The summed E-state index contributed by atoms with van der Waals surface area (Å²) in [5.41, 5.74) is 2.12. The summed E-state index contributed by atoms with van der Waals surface area (Å²) in [6, 6.07) is 7.67. The third-order valence-corrected chi connectivity index (χ3v) is 7.30. The van der Waals surface area contributed by atoms with Crippen LogP contribution in [-0.2, 0) is 0 Å². The van der Waals surface area contributed by atoms with Crippen LogP contribution in [0.3, 0.4) is 0 Å². The fourth-order valence-corrected chi connectivity index (χ4v) is 5.51. The van der Waals surface area contributed by atoms with Crippen molar-refractivity contribution in [2.24, 2.45) is 0 Å². The van der Waals surface area contributed by atoms with Crippen molar-refractivity contribution in [3.05, 3.63) is 64.1 Å². The zero-order valence-corrected chi connectivity index (χ0v) is 21.0. The average Bonchev–Trinajstić information content (AvgIpc) is 3.02. The Morgan fingerprint density at radius 3 is 2.81 bits per heavy atom. The number of halogens is 1. The number of phenolic OH excluding ortho intramolecular Hbond substituents is 1. The van der Waals surface area contributed by atoms with E-state index in [4.69, 9.17) is 9.72 Å². The molecule has 0 saturated carbocycles. The van der Waals surface area contributed by atoms with Crippen LogP contribution in [0.25, 0.3) is 28.0 Å². The fourth-order valence-electron chi connectivity index (χ4n) is 5.51. The minimum Gasteiger partial charge on any atom is -0.507 e. The third-order valence-electron chi connectivity index (χ3n) is 7.30. The van der Waals surface area contributed by atoms with Crippen LogP contribution >= 0.6 is 0 Å². The smallest absolute Gasteiger partial charge is 0.355 e. The number of nitrogens with zero attached hydrogens (tertiary/aromatic N) is 5. The number of hydrogen-bond donors (Lipinski definition) is 1. The van der Waals surface area contributed by atoms with Gasteiger partial charge in [0.1, 0.15) is 35.1 Å². The van der Waals surface area contributed by atoms with Gasteiger partial charge in [-0.05, 0) is 55.9 Å². The number of ether oxygens (including phenoxy) is 1. The van der Waals surface area contributed by atoms with Gasteiger partial charge in [-0.2, -0.15) is 4.98 Å². The summed E-state index contributed by atoms with van der Waals surface area (Å²) < 4.78 is 22.8. The molecule has 0 unspecified atom stereocenters. The van der Waals surface area contributed by atoms with Crippen molar-refractivity contribution in [1.29, 1.82) is 0 Å². The number of anilines is 1. The topological polar surface area (TPSA) is 93.4 Å². The zero-order chi connectivity index (χ0) is 25.8. The van der Waals surface area contributed by atoms with E-state index < -0.39 is 11.5 Å². The van der Waals surface area contributed by atoms with E-state index in [0.29, 0.717) is 34.9 Å². The fraction of sp³-hybridized carbons (Fsp3) is 0.357. The van der Waals surface area contributed by atoms with Crippen molar-refractivity contribution < 1.29 is 14.2 Å². The van der Waals surface area contributed by atoms with Crippen molar-refractivity contribution in [3.8, 4) is 28.4 Å². The van der Waals surface area contributed by atoms with Crippen LogP contribution in [-0.4, -0.2) is 43.8 Å². The monoisotopic (exact) mass is 501 g/mol. The predicted molar refractivity (Wildman–Crippen MR) is 139 cm³/mol. The molecule has 1 N–H and O–H groups in total.